The van der Waals surface area contributed by atoms with Gasteiger partial charge in [0.15, 0.2) is 0 Å². The summed E-state index contributed by atoms with van der Waals surface area (Å²) in [6.07, 6.45) is 0. The molecule has 0 radical (unpaired) electrons. The Morgan fingerprint density at radius 1 is 1.15 bits per heavy atom. The van der Waals surface area contributed by atoms with Crippen molar-refractivity contribution in [1.82, 2.24) is 10.2 Å². The normalized spacial score (nSPS) is 16.3. The van der Waals surface area contributed by atoms with Crippen LogP contribution in [-0.4, -0.2) is 54.7 Å². The maximum Gasteiger partial charge on any atom is 0.253 e. The quantitative estimate of drug-likeness (QED) is 0.846. The number of para-hydroxylation sites is 1. The number of hydrogen-bond acceptors (Lipinski definition) is 4. The molecule has 1 atom stereocenters. The van der Waals surface area contributed by atoms with Crippen LogP contribution >= 0.6 is 11.6 Å². The molecule has 3 rings (SSSR count). The molecule has 0 bridgehead atoms. The largest absolute Gasteiger partial charge is 0.508 e. The molecule has 5 nitrogen and oxygen atoms in total. The van der Waals surface area contributed by atoms with Gasteiger partial charge in [0.2, 0.25) is 0 Å². The summed E-state index contributed by atoms with van der Waals surface area (Å²) in [5.41, 5.74) is 1.56. The summed E-state index contributed by atoms with van der Waals surface area (Å²) in [6.45, 7) is 6.64. The first-order valence-electron chi connectivity index (χ1n) is 8.84. The van der Waals surface area contributed by atoms with Crippen molar-refractivity contribution in [1.29, 1.82) is 0 Å². The first-order chi connectivity index (χ1) is 12.5. The van der Waals surface area contributed by atoms with Gasteiger partial charge in [0.05, 0.1) is 10.6 Å². The average Bonchev–Trinajstić information content (AvgIpc) is 2.65. The standard InChI is InChI=1S/C20H24ClN3O2/c1-15(22-20(26)18-13-17(25)7-8-19(18)21)14-23-9-11-24(12-10-23)16-5-3-2-4-6-16/h2-8,13,15,25H,9-12,14H2,1H3,(H,22,26)/t15-/m0/s1. The minimum absolute atomic E-state index is 0.0100. The van der Waals surface area contributed by atoms with E-state index in [1.165, 1.54) is 23.9 Å². The second-order valence-electron chi connectivity index (χ2n) is 6.66. The van der Waals surface area contributed by atoms with Crippen LogP contribution in [0.1, 0.15) is 17.3 Å². The van der Waals surface area contributed by atoms with Gasteiger partial charge in [-0.3, -0.25) is 9.69 Å². The van der Waals surface area contributed by atoms with E-state index in [2.05, 4.69) is 39.4 Å². The summed E-state index contributed by atoms with van der Waals surface area (Å²) < 4.78 is 0. The molecule has 138 valence electrons. The van der Waals surface area contributed by atoms with Crippen molar-refractivity contribution in [3.63, 3.8) is 0 Å². The number of piperazine rings is 1. The third kappa shape index (κ3) is 4.68. The van der Waals surface area contributed by atoms with Crippen molar-refractivity contribution in [3.8, 4) is 5.75 Å². The summed E-state index contributed by atoms with van der Waals surface area (Å²) in [7, 11) is 0. The molecule has 0 unspecified atom stereocenters. The molecule has 0 saturated carbocycles. The van der Waals surface area contributed by atoms with Crippen LogP contribution in [-0.2, 0) is 0 Å². The Bertz CT molecular complexity index is 746. The zero-order valence-corrected chi connectivity index (χ0v) is 15.6. The number of nitrogens with zero attached hydrogens (tertiary/aromatic N) is 2. The smallest absolute Gasteiger partial charge is 0.253 e. The molecule has 1 aliphatic rings. The number of carbonyl (C=O) groups excluding carboxylic acids is 1. The monoisotopic (exact) mass is 373 g/mol. The molecule has 1 fully saturated rings. The number of nitrogens with one attached hydrogen (secondary N) is 1. The second kappa shape index (κ2) is 8.43. The van der Waals surface area contributed by atoms with E-state index >= 15 is 0 Å². The summed E-state index contributed by atoms with van der Waals surface area (Å²) in [4.78, 5) is 17.1. The van der Waals surface area contributed by atoms with E-state index in [4.69, 9.17) is 11.6 Å². The maximum absolute atomic E-state index is 12.4. The SMILES string of the molecule is C[C@@H](CN1CCN(c2ccccc2)CC1)NC(=O)c1cc(O)ccc1Cl. The lowest BCUT2D eigenvalue weighted by Gasteiger charge is -2.37. The van der Waals surface area contributed by atoms with Gasteiger partial charge in [-0.15, -0.1) is 0 Å². The van der Waals surface area contributed by atoms with E-state index in [1.54, 1.807) is 0 Å². The van der Waals surface area contributed by atoms with Gasteiger partial charge in [0.1, 0.15) is 5.75 Å². The minimum Gasteiger partial charge on any atom is -0.508 e. The maximum atomic E-state index is 12.4. The Balaban J connectivity index is 1.49. The predicted molar refractivity (Wildman–Crippen MR) is 105 cm³/mol. The molecule has 26 heavy (non-hydrogen) atoms. The molecule has 2 aromatic rings. The Labute approximate surface area is 159 Å². The van der Waals surface area contributed by atoms with Gasteiger partial charge in [-0.2, -0.15) is 0 Å². The molecule has 1 amide bonds. The Kier molecular flexibility index (Phi) is 6.01. The number of hydrogen-bond donors (Lipinski definition) is 2. The first kappa shape index (κ1) is 18.5. The van der Waals surface area contributed by atoms with Gasteiger partial charge < -0.3 is 15.3 Å². The highest BCUT2D eigenvalue weighted by Crippen LogP contribution is 2.21. The van der Waals surface area contributed by atoms with E-state index in [0.717, 1.165) is 32.7 Å². The molecule has 1 aliphatic heterocycles. The van der Waals surface area contributed by atoms with Crippen LogP contribution in [0.5, 0.6) is 5.75 Å². The van der Waals surface area contributed by atoms with Crippen molar-refractivity contribution < 1.29 is 9.90 Å². The van der Waals surface area contributed by atoms with Crippen molar-refractivity contribution in [2.45, 2.75) is 13.0 Å². The Morgan fingerprint density at radius 3 is 2.54 bits per heavy atom. The van der Waals surface area contributed by atoms with Crippen LogP contribution < -0.4 is 10.2 Å². The van der Waals surface area contributed by atoms with E-state index in [1.807, 2.05) is 13.0 Å². The summed E-state index contributed by atoms with van der Waals surface area (Å²) in [5.74, 6) is -0.231. The molecule has 0 spiro atoms. The number of rotatable bonds is 5. The number of carbonyl (C=O) groups is 1. The highest BCUT2D eigenvalue weighted by Gasteiger charge is 2.20. The number of halogens is 1. The Morgan fingerprint density at radius 2 is 1.85 bits per heavy atom. The second-order valence-corrected chi connectivity index (χ2v) is 7.07. The lowest BCUT2D eigenvalue weighted by atomic mass is 10.1. The molecule has 6 heteroatoms. The molecule has 0 aromatic heterocycles. The molecular formula is C20H24ClN3O2. The lowest BCUT2D eigenvalue weighted by molar-refractivity contribution is 0.0928. The highest BCUT2D eigenvalue weighted by atomic mass is 35.5. The van der Waals surface area contributed by atoms with Gasteiger partial charge in [0, 0.05) is 44.5 Å². The number of anilines is 1. The van der Waals surface area contributed by atoms with Gasteiger partial charge in [-0.05, 0) is 37.3 Å². The molecule has 2 aromatic carbocycles. The third-order valence-corrected chi connectivity index (χ3v) is 4.93. The van der Waals surface area contributed by atoms with Gasteiger partial charge in [-0.1, -0.05) is 29.8 Å². The zero-order valence-electron chi connectivity index (χ0n) is 14.9. The van der Waals surface area contributed by atoms with Crippen molar-refractivity contribution in [2.75, 3.05) is 37.6 Å². The van der Waals surface area contributed by atoms with E-state index < -0.39 is 0 Å². The van der Waals surface area contributed by atoms with Crippen LogP contribution in [0, 0.1) is 0 Å². The summed E-state index contributed by atoms with van der Waals surface area (Å²) >= 11 is 6.05. The van der Waals surface area contributed by atoms with E-state index in [0.29, 0.717) is 10.6 Å². The summed E-state index contributed by atoms with van der Waals surface area (Å²) in [6, 6.07) is 14.8. The molecule has 1 saturated heterocycles. The molecule has 1 heterocycles. The van der Waals surface area contributed by atoms with Crippen LogP contribution in [0.4, 0.5) is 5.69 Å². The van der Waals surface area contributed by atoms with Crippen molar-refractivity contribution in [3.05, 3.63) is 59.1 Å². The minimum atomic E-state index is -0.263. The fourth-order valence-corrected chi connectivity index (χ4v) is 3.45. The van der Waals surface area contributed by atoms with Gasteiger partial charge >= 0.3 is 0 Å². The number of phenols is 1. The van der Waals surface area contributed by atoms with Crippen LogP contribution in [0.25, 0.3) is 0 Å². The number of benzene rings is 2. The number of amides is 1. The fraction of sp³-hybridized carbons (Fsp3) is 0.350. The number of aromatic hydroxyl groups is 1. The highest BCUT2D eigenvalue weighted by molar-refractivity contribution is 6.33. The molecule has 0 aliphatic carbocycles. The summed E-state index contributed by atoms with van der Waals surface area (Å²) in [5, 5.41) is 12.9. The van der Waals surface area contributed by atoms with Crippen molar-refractivity contribution >= 4 is 23.2 Å². The van der Waals surface area contributed by atoms with Crippen LogP contribution in [0.15, 0.2) is 48.5 Å². The number of phenolic OH excluding ortho intramolecular Hbond substituents is 1. The molecule has 2 N–H and O–H groups in total. The van der Waals surface area contributed by atoms with E-state index in [9.17, 15) is 9.90 Å². The Hall–Kier alpha value is -2.24. The predicted octanol–water partition coefficient (Wildman–Crippen LogP) is 2.99. The van der Waals surface area contributed by atoms with Crippen LogP contribution in [0.2, 0.25) is 5.02 Å². The van der Waals surface area contributed by atoms with Gasteiger partial charge in [-0.25, -0.2) is 0 Å². The van der Waals surface area contributed by atoms with Crippen molar-refractivity contribution in [2.24, 2.45) is 0 Å². The first-order valence-corrected chi connectivity index (χ1v) is 9.22. The topological polar surface area (TPSA) is 55.8 Å². The fourth-order valence-electron chi connectivity index (χ4n) is 3.25. The van der Waals surface area contributed by atoms with Crippen LogP contribution in [0.3, 0.4) is 0 Å². The van der Waals surface area contributed by atoms with Gasteiger partial charge in [0.25, 0.3) is 5.91 Å². The lowest BCUT2D eigenvalue weighted by Crippen LogP contribution is -2.50. The molecular weight excluding hydrogens is 350 g/mol. The van der Waals surface area contributed by atoms with E-state index in [-0.39, 0.29) is 17.7 Å². The third-order valence-electron chi connectivity index (χ3n) is 4.60. The zero-order chi connectivity index (χ0) is 18.5. The average molecular weight is 374 g/mol.